The zero-order valence-electron chi connectivity index (χ0n) is 16.0. The number of benzene rings is 4. The minimum atomic E-state index is -0.226. The van der Waals surface area contributed by atoms with E-state index in [9.17, 15) is 9.59 Å². The van der Waals surface area contributed by atoms with Gasteiger partial charge in [0.05, 0.1) is 22.5 Å². The summed E-state index contributed by atoms with van der Waals surface area (Å²) in [5.41, 5.74) is 10.3. The Labute approximate surface area is 172 Å². The minimum Gasteiger partial charge on any atom is -0.369 e. The van der Waals surface area contributed by atoms with Crippen LogP contribution in [-0.2, 0) is 12.8 Å². The molecule has 2 aliphatic rings. The summed E-state index contributed by atoms with van der Waals surface area (Å²) in [6.07, 6.45) is 0.673. The summed E-state index contributed by atoms with van der Waals surface area (Å²) in [5, 5.41) is 12.1. The van der Waals surface area contributed by atoms with Gasteiger partial charge in [0, 0.05) is 12.8 Å². The van der Waals surface area contributed by atoms with Crippen molar-refractivity contribution in [3.05, 3.63) is 82.9 Å². The highest BCUT2D eigenvalue weighted by molar-refractivity contribution is 6.25. The van der Waals surface area contributed by atoms with E-state index < -0.39 is 0 Å². The third-order valence-corrected chi connectivity index (χ3v) is 6.20. The summed E-state index contributed by atoms with van der Waals surface area (Å²) >= 11 is 0. The van der Waals surface area contributed by atoms with Gasteiger partial charge in [0.1, 0.15) is 0 Å². The number of nitrogens with two attached hydrogens (primary N) is 1. The Kier molecular flexibility index (Phi) is 3.25. The molecule has 30 heavy (non-hydrogen) atoms. The number of ketones is 2. The zero-order valence-corrected chi connectivity index (χ0v) is 16.0. The second-order valence-corrected chi connectivity index (χ2v) is 7.87. The summed E-state index contributed by atoms with van der Waals surface area (Å²) in [5.74, 6) is -0.213. The third kappa shape index (κ3) is 2.09. The van der Waals surface area contributed by atoms with E-state index in [1.165, 1.54) is 0 Å². The predicted molar refractivity (Wildman–Crippen MR) is 118 cm³/mol. The van der Waals surface area contributed by atoms with E-state index >= 15 is 0 Å². The first-order valence-electron chi connectivity index (χ1n) is 9.84. The SMILES string of the molecule is N=C(N)N(c1ccc2cccc3c2c1C(=O)C3)c1ccc2cccc3c2c1C(=O)C3. The molecule has 0 heterocycles. The van der Waals surface area contributed by atoms with Crippen molar-refractivity contribution in [2.75, 3.05) is 4.90 Å². The summed E-state index contributed by atoms with van der Waals surface area (Å²) in [4.78, 5) is 27.5. The molecule has 0 radical (unpaired) electrons. The molecule has 0 fully saturated rings. The average Bonchev–Trinajstić information content (AvgIpc) is 3.25. The molecule has 0 unspecified atom stereocenters. The summed E-state index contributed by atoms with van der Waals surface area (Å²) in [6.45, 7) is 0. The van der Waals surface area contributed by atoms with Crippen LogP contribution in [0.4, 0.5) is 11.4 Å². The van der Waals surface area contributed by atoms with Gasteiger partial charge >= 0.3 is 0 Å². The van der Waals surface area contributed by atoms with Gasteiger partial charge in [-0.15, -0.1) is 0 Å². The van der Waals surface area contributed by atoms with Gasteiger partial charge < -0.3 is 5.73 Å². The van der Waals surface area contributed by atoms with Crippen molar-refractivity contribution in [2.45, 2.75) is 12.8 Å². The smallest absolute Gasteiger partial charge is 0.197 e. The molecule has 0 aliphatic heterocycles. The van der Waals surface area contributed by atoms with Crippen molar-refractivity contribution in [1.29, 1.82) is 5.41 Å². The summed E-state index contributed by atoms with van der Waals surface area (Å²) < 4.78 is 0. The van der Waals surface area contributed by atoms with Gasteiger partial charge in [0.25, 0.3) is 0 Å². The van der Waals surface area contributed by atoms with Crippen LogP contribution in [0.1, 0.15) is 31.8 Å². The van der Waals surface area contributed by atoms with Gasteiger partial charge in [0.2, 0.25) is 0 Å². The number of nitrogens with zero attached hydrogens (tertiary/aromatic N) is 1. The monoisotopic (exact) mass is 391 g/mol. The second-order valence-electron chi connectivity index (χ2n) is 7.87. The van der Waals surface area contributed by atoms with Gasteiger partial charge in [-0.2, -0.15) is 0 Å². The van der Waals surface area contributed by atoms with Crippen molar-refractivity contribution in [1.82, 2.24) is 0 Å². The lowest BCUT2D eigenvalue weighted by Gasteiger charge is -2.27. The first-order chi connectivity index (χ1) is 14.5. The van der Waals surface area contributed by atoms with E-state index in [0.29, 0.717) is 35.3 Å². The number of carbonyl (C=O) groups is 2. The lowest BCUT2D eigenvalue weighted by atomic mass is 10.00. The van der Waals surface area contributed by atoms with Gasteiger partial charge in [-0.1, -0.05) is 48.5 Å². The predicted octanol–water partition coefficient (Wildman–Crippen LogP) is 4.50. The number of rotatable bonds is 2. The fourth-order valence-corrected chi connectivity index (χ4v) is 5.03. The highest BCUT2D eigenvalue weighted by Gasteiger charge is 2.32. The van der Waals surface area contributed by atoms with Crippen molar-refractivity contribution >= 4 is 50.4 Å². The molecule has 0 bridgehead atoms. The maximum Gasteiger partial charge on any atom is 0.197 e. The molecule has 5 nitrogen and oxygen atoms in total. The number of guanidine groups is 1. The van der Waals surface area contributed by atoms with E-state index in [4.69, 9.17) is 11.1 Å². The molecule has 4 aromatic rings. The molecule has 6 rings (SSSR count). The second kappa shape index (κ2) is 5.76. The molecule has 3 N–H and O–H groups in total. The van der Waals surface area contributed by atoms with Crippen molar-refractivity contribution in [2.24, 2.45) is 5.73 Å². The van der Waals surface area contributed by atoms with Crippen LogP contribution in [0.3, 0.4) is 0 Å². The Bertz CT molecular complexity index is 1360. The van der Waals surface area contributed by atoms with Gasteiger partial charge in [-0.3, -0.25) is 19.9 Å². The normalized spacial score (nSPS) is 14.1. The average molecular weight is 391 g/mol. The number of hydrogen-bond donors (Lipinski definition) is 2. The van der Waals surface area contributed by atoms with Crippen LogP contribution in [0.2, 0.25) is 0 Å². The molecular formula is C25H17N3O2. The molecule has 0 saturated carbocycles. The number of Topliss-reactive ketones (excluding diaryl/α,β-unsaturated/α-hetero) is 2. The Balaban J connectivity index is 1.68. The number of carbonyl (C=O) groups excluding carboxylic acids is 2. The fourth-order valence-electron chi connectivity index (χ4n) is 5.03. The Hall–Kier alpha value is -3.99. The molecule has 0 spiro atoms. The molecule has 4 aromatic carbocycles. The topological polar surface area (TPSA) is 87.2 Å². The number of hydrogen-bond acceptors (Lipinski definition) is 3. The number of nitrogens with one attached hydrogen (secondary N) is 1. The van der Waals surface area contributed by atoms with Crippen LogP contribution in [0.5, 0.6) is 0 Å². The van der Waals surface area contributed by atoms with Crippen molar-refractivity contribution in [3.63, 3.8) is 0 Å². The van der Waals surface area contributed by atoms with Crippen LogP contribution >= 0.6 is 0 Å². The van der Waals surface area contributed by atoms with E-state index in [1.807, 2.05) is 60.7 Å². The Morgan fingerprint density at radius 2 is 1.20 bits per heavy atom. The van der Waals surface area contributed by atoms with E-state index in [2.05, 4.69) is 0 Å². The quantitative estimate of drug-likeness (QED) is 0.389. The standard InChI is InChI=1S/C25H17N3O2/c26-25(27)28(17-9-7-13-3-1-5-15-11-19(29)23(17)21(13)15)18-10-8-14-4-2-6-16-12-20(30)24(18)22(14)16/h1-10H,11-12H2,(H3,26,27). The summed E-state index contributed by atoms with van der Waals surface area (Å²) in [6, 6.07) is 19.3. The Morgan fingerprint density at radius 3 is 1.63 bits per heavy atom. The maximum atomic E-state index is 13.0. The molecule has 0 saturated heterocycles. The largest absolute Gasteiger partial charge is 0.369 e. The third-order valence-electron chi connectivity index (χ3n) is 6.20. The molecule has 2 aliphatic carbocycles. The van der Waals surface area contributed by atoms with E-state index in [1.54, 1.807) is 4.90 Å². The van der Waals surface area contributed by atoms with Gasteiger partial charge in [0.15, 0.2) is 17.5 Å². The summed E-state index contributed by atoms with van der Waals surface area (Å²) in [7, 11) is 0. The molecule has 5 heteroatoms. The first-order valence-corrected chi connectivity index (χ1v) is 9.84. The molecule has 144 valence electrons. The van der Waals surface area contributed by atoms with Crippen LogP contribution in [-0.4, -0.2) is 17.5 Å². The van der Waals surface area contributed by atoms with Crippen LogP contribution < -0.4 is 10.6 Å². The van der Waals surface area contributed by atoms with Crippen molar-refractivity contribution < 1.29 is 9.59 Å². The molecular weight excluding hydrogens is 374 g/mol. The highest BCUT2D eigenvalue weighted by atomic mass is 16.1. The van der Waals surface area contributed by atoms with Gasteiger partial charge in [-0.25, -0.2) is 0 Å². The molecule has 0 aromatic heterocycles. The Morgan fingerprint density at radius 1 is 0.733 bits per heavy atom. The maximum absolute atomic E-state index is 13.0. The van der Waals surface area contributed by atoms with E-state index in [-0.39, 0.29) is 17.5 Å². The van der Waals surface area contributed by atoms with Crippen molar-refractivity contribution in [3.8, 4) is 0 Å². The van der Waals surface area contributed by atoms with Crippen LogP contribution in [0.25, 0.3) is 21.5 Å². The molecule has 0 amide bonds. The zero-order chi connectivity index (χ0) is 20.6. The van der Waals surface area contributed by atoms with E-state index in [0.717, 1.165) is 32.7 Å². The highest BCUT2D eigenvalue weighted by Crippen LogP contribution is 2.43. The lowest BCUT2D eigenvalue weighted by Crippen LogP contribution is -2.34. The molecule has 0 atom stereocenters. The fraction of sp³-hybridized carbons (Fsp3) is 0.0800. The first kappa shape index (κ1) is 16.9. The lowest BCUT2D eigenvalue weighted by molar-refractivity contribution is 0.0993. The van der Waals surface area contributed by atoms with Crippen LogP contribution in [0, 0.1) is 5.41 Å². The minimum absolute atomic E-state index is 0.00674. The van der Waals surface area contributed by atoms with Gasteiger partial charge in [-0.05, 0) is 44.8 Å². The number of anilines is 2. The van der Waals surface area contributed by atoms with Crippen LogP contribution in [0.15, 0.2) is 60.7 Å².